The van der Waals surface area contributed by atoms with Crippen LogP contribution in [-0.2, 0) is 27.8 Å². The Morgan fingerprint density at radius 3 is 2.66 bits per heavy atom. The number of aromatic nitrogens is 4. The number of hydrogen-bond acceptors (Lipinski definition) is 3. The number of nitrogens with zero attached hydrogens (tertiary/aromatic N) is 3. The van der Waals surface area contributed by atoms with Gasteiger partial charge >= 0.3 is 0 Å². The summed E-state index contributed by atoms with van der Waals surface area (Å²) in [5.41, 5.74) is 5.19. The molecular formula is C27H27N5O2S. The van der Waals surface area contributed by atoms with Gasteiger partial charge in [-0.1, -0.05) is 29.8 Å². The molecule has 178 valence electrons. The Morgan fingerprint density at radius 1 is 1.06 bits per heavy atom. The molecule has 3 aromatic heterocycles. The molecule has 0 aliphatic heterocycles. The van der Waals surface area contributed by atoms with E-state index < -0.39 is 10.8 Å². The summed E-state index contributed by atoms with van der Waals surface area (Å²) < 4.78 is 16.7. The van der Waals surface area contributed by atoms with Gasteiger partial charge in [0.05, 0.1) is 17.6 Å². The van der Waals surface area contributed by atoms with E-state index in [-0.39, 0.29) is 17.4 Å². The molecule has 0 aliphatic carbocycles. The topological polar surface area (TPSA) is 84.7 Å². The Labute approximate surface area is 206 Å². The maximum atomic E-state index is 12.9. The number of fused-ring (bicyclic) bond motifs is 1. The Balaban J connectivity index is 1.22. The highest BCUT2D eigenvalue weighted by atomic mass is 32.2. The van der Waals surface area contributed by atoms with Crippen LogP contribution < -0.4 is 5.32 Å². The first kappa shape index (κ1) is 22.9. The summed E-state index contributed by atoms with van der Waals surface area (Å²) in [5.74, 6) is 0.811. The first-order chi connectivity index (χ1) is 17.1. The highest BCUT2D eigenvalue weighted by molar-refractivity contribution is 7.84. The molecular weight excluding hydrogens is 458 g/mol. The third-order valence-corrected chi connectivity index (χ3v) is 7.13. The molecule has 5 aromatic rings. The van der Waals surface area contributed by atoms with Gasteiger partial charge in [-0.25, -0.2) is 4.68 Å². The van der Waals surface area contributed by atoms with Gasteiger partial charge in [-0.2, -0.15) is 5.10 Å². The van der Waals surface area contributed by atoms with Crippen LogP contribution in [0.4, 0.5) is 0 Å². The minimum atomic E-state index is -1.37. The van der Waals surface area contributed by atoms with Crippen molar-refractivity contribution in [1.82, 2.24) is 24.6 Å². The first-order valence-electron chi connectivity index (χ1n) is 11.5. The molecule has 5 rings (SSSR count). The number of amides is 1. The molecule has 2 aromatic carbocycles. The van der Waals surface area contributed by atoms with Crippen molar-refractivity contribution in [2.45, 2.75) is 19.1 Å². The maximum absolute atomic E-state index is 12.9. The lowest BCUT2D eigenvalue weighted by Crippen LogP contribution is -2.30. The lowest BCUT2D eigenvalue weighted by molar-refractivity contribution is -0.118. The molecule has 0 bridgehead atoms. The average Bonchev–Trinajstić information content (AvgIpc) is 3.60. The molecule has 0 spiro atoms. The molecule has 0 saturated carbocycles. The zero-order valence-corrected chi connectivity index (χ0v) is 20.3. The van der Waals surface area contributed by atoms with Crippen molar-refractivity contribution in [1.29, 1.82) is 0 Å². The summed E-state index contributed by atoms with van der Waals surface area (Å²) in [6, 6.07) is 20.0. The summed E-state index contributed by atoms with van der Waals surface area (Å²) in [7, 11) is -1.37. The Hall–Kier alpha value is -3.91. The quantitative estimate of drug-likeness (QED) is 0.330. The summed E-state index contributed by atoms with van der Waals surface area (Å²) in [5, 5.41) is 8.64. The number of benzene rings is 2. The lowest BCUT2D eigenvalue weighted by atomic mass is 10.1. The van der Waals surface area contributed by atoms with Crippen LogP contribution in [0.2, 0.25) is 0 Å². The summed E-state index contributed by atoms with van der Waals surface area (Å²) >= 11 is 0. The predicted molar refractivity (Wildman–Crippen MR) is 139 cm³/mol. The van der Waals surface area contributed by atoms with Gasteiger partial charge in [-0.15, -0.1) is 0 Å². The fraction of sp³-hybridized carbons (Fsp3) is 0.185. The van der Waals surface area contributed by atoms with Crippen molar-refractivity contribution in [2.24, 2.45) is 0 Å². The second-order valence-corrected chi connectivity index (χ2v) is 9.98. The lowest BCUT2D eigenvalue weighted by Gasteiger charge is -2.11. The number of aryl methyl sites for hydroxylation is 1. The van der Waals surface area contributed by atoms with Crippen LogP contribution in [0.25, 0.3) is 22.4 Å². The fourth-order valence-electron chi connectivity index (χ4n) is 4.24. The van der Waals surface area contributed by atoms with E-state index in [0.29, 0.717) is 13.0 Å². The molecule has 3 heterocycles. The average molecular weight is 486 g/mol. The van der Waals surface area contributed by atoms with Crippen LogP contribution in [-0.4, -0.2) is 41.7 Å². The molecule has 35 heavy (non-hydrogen) atoms. The number of rotatable bonds is 9. The number of carbonyl (C=O) groups excluding carboxylic acids is 1. The fourth-order valence-corrected chi connectivity index (χ4v) is 5.29. The number of para-hydroxylation sites is 1. The molecule has 1 atom stereocenters. The second kappa shape index (κ2) is 10.1. The van der Waals surface area contributed by atoms with Gasteiger partial charge < -0.3 is 14.9 Å². The van der Waals surface area contributed by atoms with Gasteiger partial charge in [0.1, 0.15) is 11.6 Å². The second-order valence-electron chi connectivity index (χ2n) is 8.52. The molecule has 0 unspecified atom stereocenters. The highest BCUT2D eigenvalue weighted by Gasteiger charge is 2.17. The minimum Gasteiger partial charge on any atom is -0.361 e. The van der Waals surface area contributed by atoms with Gasteiger partial charge in [0, 0.05) is 52.4 Å². The minimum absolute atomic E-state index is 0.0470. The zero-order valence-electron chi connectivity index (χ0n) is 19.5. The molecule has 0 aliphatic rings. The standard InChI is InChI=1S/C27H27N5O2S/c1-20-9-10-25-24(15-20)21(16-29-25)11-12-28-26(33)19-35(34)18-22-17-30-32(23-7-3-2-4-8-23)27(22)31-13-5-6-14-31/h2-10,13-17,29H,11-12,18-19H2,1H3,(H,28,33)/t35-/m0/s1. The van der Waals surface area contributed by atoms with Crippen LogP contribution >= 0.6 is 0 Å². The van der Waals surface area contributed by atoms with Gasteiger partial charge in [-0.05, 0) is 55.3 Å². The van der Waals surface area contributed by atoms with Crippen molar-refractivity contribution in [3.05, 3.63) is 102 Å². The Kier molecular flexibility index (Phi) is 6.63. The first-order valence-corrected chi connectivity index (χ1v) is 13.0. The normalized spacial score (nSPS) is 12.1. The predicted octanol–water partition coefficient (Wildman–Crippen LogP) is 4.06. The molecule has 8 heteroatoms. The van der Waals surface area contributed by atoms with E-state index >= 15 is 0 Å². The number of hydrogen-bond donors (Lipinski definition) is 2. The molecule has 1 amide bonds. The van der Waals surface area contributed by atoms with E-state index in [4.69, 9.17) is 0 Å². The summed E-state index contributed by atoms with van der Waals surface area (Å²) in [4.78, 5) is 15.8. The zero-order chi connectivity index (χ0) is 24.2. The number of nitrogens with one attached hydrogen (secondary N) is 2. The number of carbonyl (C=O) groups is 1. The van der Waals surface area contributed by atoms with E-state index in [1.165, 1.54) is 10.9 Å². The van der Waals surface area contributed by atoms with Crippen molar-refractivity contribution in [3.8, 4) is 11.5 Å². The van der Waals surface area contributed by atoms with Gasteiger partial charge in [-0.3, -0.25) is 9.00 Å². The SMILES string of the molecule is Cc1ccc2[nH]cc(CCNC(=O)C[S@@](=O)Cc3cnn(-c4ccccc4)c3-n3cccc3)c2c1. The largest absolute Gasteiger partial charge is 0.361 e. The van der Waals surface area contributed by atoms with E-state index in [1.807, 2.05) is 70.3 Å². The van der Waals surface area contributed by atoms with Crippen molar-refractivity contribution >= 4 is 27.6 Å². The van der Waals surface area contributed by atoms with Crippen LogP contribution in [0.1, 0.15) is 16.7 Å². The number of aromatic amines is 1. The van der Waals surface area contributed by atoms with E-state index in [9.17, 15) is 9.00 Å². The molecule has 0 saturated heterocycles. The molecule has 0 radical (unpaired) electrons. The molecule has 7 nitrogen and oxygen atoms in total. The van der Waals surface area contributed by atoms with E-state index in [2.05, 4.69) is 40.5 Å². The Morgan fingerprint density at radius 2 is 1.86 bits per heavy atom. The third-order valence-electron chi connectivity index (χ3n) is 5.91. The van der Waals surface area contributed by atoms with Crippen LogP contribution in [0.3, 0.4) is 0 Å². The summed E-state index contributed by atoms with van der Waals surface area (Å²) in [6.45, 7) is 2.57. The molecule has 0 fully saturated rings. The van der Waals surface area contributed by atoms with E-state index in [0.717, 1.165) is 28.1 Å². The maximum Gasteiger partial charge on any atom is 0.232 e. The molecule has 2 N–H and O–H groups in total. The van der Waals surface area contributed by atoms with Crippen LogP contribution in [0.5, 0.6) is 0 Å². The van der Waals surface area contributed by atoms with Gasteiger partial charge in [0.2, 0.25) is 5.91 Å². The third kappa shape index (κ3) is 5.12. The van der Waals surface area contributed by atoms with Crippen molar-refractivity contribution < 1.29 is 9.00 Å². The van der Waals surface area contributed by atoms with Crippen molar-refractivity contribution in [2.75, 3.05) is 12.3 Å². The summed E-state index contributed by atoms with van der Waals surface area (Å²) in [6.07, 6.45) is 8.30. The number of H-pyrrole nitrogens is 1. The Bertz CT molecular complexity index is 1470. The van der Waals surface area contributed by atoms with Crippen molar-refractivity contribution in [3.63, 3.8) is 0 Å². The van der Waals surface area contributed by atoms with Gasteiger partial charge in [0.15, 0.2) is 0 Å². The monoisotopic (exact) mass is 485 g/mol. The van der Waals surface area contributed by atoms with Gasteiger partial charge in [0.25, 0.3) is 0 Å². The van der Waals surface area contributed by atoms with E-state index in [1.54, 1.807) is 6.20 Å². The van der Waals surface area contributed by atoms with Crippen LogP contribution in [0.15, 0.2) is 85.5 Å². The van der Waals surface area contributed by atoms with Crippen LogP contribution in [0, 0.1) is 6.92 Å². The highest BCUT2D eigenvalue weighted by Crippen LogP contribution is 2.22. The smallest absolute Gasteiger partial charge is 0.232 e.